The molecule has 0 bridgehead atoms. The van der Waals surface area contributed by atoms with Crippen LogP contribution in [0.2, 0.25) is 0 Å². The van der Waals surface area contributed by atoms with Gasteiger partial charge < -0.3 is 4.90 Å². The van der Waals surface area contributed by atoms with Crippen LogP contribution in [0.4, 0.5) is 4.39 Å². The van der Waals surface area contributed by atoms with Crippen LogP contribution in [0, 0.1) is 18.7 Å². The van der Waals surface area contributed by atoms with E-state index in [9.17, 15) is 9.18 Å². The van der Waals surface area contributed by atoms with Crippen LogP contribution in [0.25, 0.3) is 16.6 Å². The largest absolute Gasteiger partial charge is 0.337 e. The summed E-state index contributed by atoms with van der Waals surface area (Å²) in [7, 11) is 0. The van der Waals surface area contributed by atoms with Crippen molar-refractivity contribution in [1.29, 1.82) is 0 Å². The Hall–Kier alpha value is -4.32. The summed E-state index contributed by atoms with van der Waals surface area (Å²) < 4.78 is 15.3. The van der Waals surface area contributed by atoms with Gasteiger partial charge in [0.25, 0.3) is 5.91 Å². The highest BCUT2D eigenvalue weighted by Gasteiger charge is 2.71. The van der Waals surface area contributed by atoms with Crippen molar-refractivity contribution < 1.29 is 9.18 Å². The molecule has 2 aliphatic rings. The summed E-state index contributed by atoms with van der Waals surface area (Å²) in [6.07, 6.45) is 3.72. The van der Waals surface area contributed by atoms with Crippen molar-refractivity contribution >= 4 is 16.8 Å². The number of hydrogen-bond acceptors (Lipinski definition) is 3. The Morgan fingerprint density at radius 3 is 2.54 bits per heavy atom. The molecule has 0 N–H and O–H groups in total. The second-order valence-corrected chi connectivity index (χ2v) is 10.2. The van der Waals surface area contributed by atoms with E-state index in [1.807, 2.05) is 64.4 Å². The van der Waals surface area contributed by atoms with E-state index in [2.05, 4.69) is 30.2 Å². The number of carbonyl (C=O) groups excluding carboxylic acids is 1. The average Bonchev–Trinajstić information content (AvgIpc) is 3.19. The summed E-state index contributed by atoms with van der Waals surface area (Å²) in [4.78, 5) is 20.1. The van der Waals surface area contributed by atoms with Gasteiger partial charge in [0.05, 0.1) is 17.4 Å². The maximum Gasteiger partial charge on any atom is 0.253 e. The fraction of sp³-hybridized carbons (Fsp3) is 0.194. The first kappa shape index (κ1) is 21.9. The van der Waals surface area contributed by atoms with Gasteiger partial charge in [-0.3, -0.25) is 9.78 Å². The quantitative estimate of drug-likeness (QED) is 0.327. The first-order valence-corrected chi connectivity index (χ1v) is 12.6. The van der Waals surface area contributed by atoms with Gasteiger partial charge in [0, 0.05) is 47.3 Å². The molecule has 5 aromatic rings. The molecule has 1 saturated carbocycles. The Morgan fingerprint density at radius 1 is 1.00 bits per heavy atom. The number of piperidine rings is 1. The third-order valence-corrected chi connectivity index (χ3v) is 8.18. The molecule has 3 atom stereocenters. The molecule has 1 aliphatic heterocycles. The van der Waals surface area contributed by atoms with Gasteiger partial charge in [0.1, 0.15) is 5.82 Å². The van der Waals surface area contributed by atoms with E-state index < -0.39 is 0 Å². The second kappa shape index (κ2) is 8.10. The molecule has 1 aliphatic carbocycles. The Labute approximate surface area is 214 Å². The lowest BCUT2D eigenvalue weighted by molar-refractivity contribution is 0.0769. The molecular weight excluding hydrogens is 463 g/mol. The lowest BCUT2D eigenvalue weighted by atomic mass is 9.87. The predicted octanol–water partition coefficient (Wildman–Crippen LogP) is 5.68. The molecule has 7 rings (SSSR count). The van der Waals surface area contributed by atoms with Gasteiger partial charge in [0.2, 0.25) is 0 Å². The number of amides is 1. The van der Waals surface area contributed by atoms with E-state index in [4.69, 9.17) is 4.98 Å². The highest BCUT2D eigenvalue weighted by atomic mass is 19.1. The normalized spacial score (nSPS) is 22.3. The number of benzene rings is 3. The molecule has 0 unspecified atom stereocenters. The Kier molecular flexibility index (Phi) is 4.80. The fourth-order valence-electron chi connectivity index (χ4n) is 6.49. The van der Waals surface area contributed by atoms with Crippen LogP contribution in [-0.2, 0) is 5.41 Å². The van der Waals surface area contributed by atoms with E-state index in [1.165, 1.54) is 17.7 Å². The molecule has 1 amide bonds. The van der Waals surface area contributed by atoms with Gasteiger partial charge >= 0.3 is 0 Å². The molecular formula is C31H25FN4O. The van der Waals surface area contributed by atoms with Crippen molar-refractivity contribution in [3.8, 4) is 5.69 Å². The maximum absolute atomic E-state index is 13.5. The van der Waals surface area contributed by atoms with Gasteiger partial charge in [-0.25, -0.2) is 9.07 Å². The summed E-state index contributed by atoms with van der Waals surface area (Å²) >= 11 is 0. The molecule has 0 radical (unpaired) electrons. The van der Waals surface area contributed by atoms with E-state index in [0.29, 0.717) is 19.0 Å². The third kappa shape index (κ3) is 3.32. The van der Waals surface area contributed by atoms with Crippen LogP contribution in [0.1, 0.15) is 33.1 Å². The van der Waals surface area contributed by atoms with Crippen molar-refractivity contribution in [2.75, 3.05) is 13.1 Å². The molecule has 0 spiro atoms. The van der Waals surface area contributed by atoms with E-state index in [1.54, 1.807) is 12.1 Å². The Bertz CT molecular complexity index is 1630. The lowest BCUT2D eigenvalue weighted by Gasteiger charge is -2.25. The highest BCUT2D eigenvalue weighted by Crippen LogP contribution is 2.69. The smallest absolute Gasteiger partial charge is 0.253 e. The second-order valence-electron chi connectivity index (χ2n) is 10.2. The van der Waals surface area contributed by atoms with E-state index in [0.717, 1.165) is 33.4 Å². The maximum atomic E-state index is 13.5. The van der Waals surface area contributed by atoms with Crippen molar-refractivity contribution in [2.24, 2.45) is 5.92 Å². The molecule has 37 heavy (non-hydrogen) atoms. The summed E-state index contributed by atoms with van der Waals surface area (Å²) in [5.41, 5.74) is 5.83. The molecule has 2 aromatic heterocycles. The number of aryl methyl sites for hydroxylation is 1. The topological polar surface area (TPSA) is 51.0 Å². The minimum Gasteiger partial charge on any atom is -0.337 e. The SMILES string of the molecule is Cc1cc2c(cnn2-c2ccc(F)cc2)cc1[C@]12CN(C(=O)c3ccccc3)C[C@H]1[C@H]2c1ccccn1. The van der Waals surface area contributed by atoms with Crippen LogP contribution >= 0.6 is 0 Å². The molecule has 3 heterocycles. The van der Waals surface area contributed by atoms with Crippen LogP contribution in [-0.4, -0.2) is 38.7 Å². The zero-order valence-electron chi connectivity index (χ0n) is 20.4. The number of halogens is 1. The van der Waals surface area contributed by atoms with Gasteiger partial charge in [-0.05, 0) is 84.6 Å². The first-order valence-electron chi connectivity index (χ1n) is 12.6. The van der Waals surface area contributed by atoms with Crippen LogP contribution in [0.15, 0.2) is 97.3 Å². The molecule has 5 nitrogen and oxygen atoms in total. The number of fused-ring (bicyclic) bond motifs is 2. The zero-order valence-corrected chi connectivity index (χ0v) is 20.4. The molecule has 2 fully saturated rings. The minimum atomic E-state index is -0.269. The first-order chi connectivity index (χ1) is 18.1. The summed E-state index contributed by atoms with van der Waals surface area (Å²) in [6.45, 7) is 3.50. The van der Waals surface area contributed by atoms with Gasteiger partial charge in [-0.1, -0.05) is 24.3 Å². The Balaban J connectivity index is 1.31. The number of pyridine rings is 1. The van der Waals surface area contributed by atoms with Crippen LogP contribution in [0.3, 0.4) is 0 Å². The third-order valence-electron chi connectivity index (χ3n) is 8.18. The Morgan fingerprint density at radius 2 is 1.78 bits per heavy atom. The lowest BCUT2D eigenvalue weighted by Crippen LogP contribution is -2.34. The van der Waals surface area contributed by atoms with Crippen LogP contribution in [0.5, 0.6) is 0 Å². The zero-order chi connectivity index (χ0) is 25.1. The van der Waals surface area contributed by atoms with Crippen molar-refractivity contribution in [3.63, 3.8) is 0 Å². The minimum absolute atomic E-state index is 0.0785. The number of hydrogen-bond donors (Lipinski definition) is 0. The predicted molar refractivity (Wildman–Crippen MR) is 140 cm³/mol. The standard InChI is InChI=1S/C31H25FN4O/c1-20-15-28-22(17-34-36(28)24-12-10-23(32)11-13-24)16-25(20)31-19-35(30(37)21-7-3-2-4-8-21)18-26(31)29(31)27-9-5-6-14-33-27/h2-17,26,29H,18-19H2,1H3/t26-,29-,31+/m0/s1. The van der Waals surface area contributed by atoms with E-state index in [-0.39, 0.29) is 23.1 Å². The van der Waals surface area contributed by atoms with Gasteiger partial charge in [-0.15, -0.1) is 0 Å². The van der Waals surface area contributed by atoms with Crippen molar-refractivity contribution in [2.45, 2.75) is 18.3 Å². The number of nitrogens with zero attached hydrogens (tertiary/aromatic N) is 4. The number of likely N-dealkylation sites (tertiary alicyclic amines) is 1. The fourth-order valence-corrected chi connectivity index (χ4v) is 6.49. The summed E-state index contributed by atoms with van der Waals surface area (Å²) in [5.74, 6) is 0.374. The molecule has 3 aromatic carbocycles. The molecule has 6 heteroatoms. The van der Waals surface area contributed by atoms with Crippen LogP contribution < -0.4 is 0 Å². The summed E-state index contributed by atoms with van der Waals surface area (Å²) in [6, 6.07) is 26.4. The number of carbonyl (C=O) groups is 1. The molecule has 182 valence electrons. The number of rotatable bonds is 4. The van der Waals surface area contributed by atoms with Gasteiger partial charge in [0.15, 0.2) is 0 Å². The summed E-state index contributed by atoms with van der Waals surface area (Å²) in [5, 5.41) is 5.64. The van der Waals surface area contributed by atoms with Crippen molar-refractivity contribution in [3.05, 3.63) is 126 Å². The highest BCUT2D eigenvalue weighted by molar-refractivity contribution is 5.95. The van der Waals surface area contributed by atoms with Crippen molar-refractivity contribution in [1.82, 2.24) is 19.7 Å². The van der Waals surface area contributed by atoms with Gasteiger partial charge in [-0.2, -0.15) is 5.10 Å². The molecule has 1 saturated heterocycles. The van der Waals surface area contributed by atoms with E-state index >= 15 is 0 Å². The monoisotopic (exact) mass is 488 g/mol. The number of aromatic nitrogens is 3. The average molecular weight is 489 g/mol.